The van der Waals surface area contributed by atoms with Gasteiger partial charge in [-0.1, -0.05) is 13.8 Å². The topological polar surface area (TPSA) is 54.4 Å². The highest BCUT2D eigenvalue weighted by Crippen LogP contribution is 2.66. The summed E-state index contributed by atoms with van der Waals surface area (Å²) in [5, 5.41) is 10.8. The highest BCUT2D eigenvalue weighted by atomic mass is 16.3. The fourth-order valence-corrected chi connectivity index (χ4v) is 7.27. The van der Waals surface area contributed by atoms with E-state index in [4.69, 9.17) is 0 Å². The Kier molecular flexibility index (Phi) is 3.62. The molecule has 24 heavy (non-hydrogen) atoms. The summed E-state index contributed by atoms with van der Waals surface area (Å²) in [4.78, 5) is 24.1. The molecule has 0 amide bonds. The molecule has 0 aromatic heterocycles. The van der Waals surface area contributed by atoms with Crippen LogP contribution in [0, 0.1) is 34.5 Å². The fraction of sp³-hybridized carbons (Fsp3) is 0.810. The number of rotatable bonds is 1. The van der Waals surface area contributed by atoms with Gasteiger partial charge in [-0.05, 0) is 85.7 Å². The number of carbonyl (C=O) groups is 2. The van der Waals surface area contributed by atoms with Gasteiger partial charge in [0.2, 0.25) is 0 Å². The lowest BCUT2D eigenvalue weighted by Gasteiger charge is -2.59. The summed E-state index contributed by atoms with van der Waals surface area (Å²) in [6, 6.07) is 0. The smallest absolute Gasteiger partial charge is 0.155 e. The molecule has 0 radical (unpaired) electrons. The molecule has 3 nitrogen and oxygen atoms in total. The van der Waals surface area contributed by atoms with Crippen molar-refractivity contribution in [2.75, 3.05) is 0 Å². The minimum Gasteiger partial charge on any atom is -0.389 e. The Labute approximate surface area is 144 Å². The van der Waals surface area contributed by atoms with E-state index in [2.05, 4.69) is 13.8 Å². The molecule has 1 N–H and O–H groups in total. The van der Waals surface area contributed by atoms with Gasteiger partial charge in [0.25, 0.3) is 0 Å². The monoisotopic (exact) mass is 330 g/mol. The Morgan fingerprint density at radius 2 is 1.92 bits per heavy atom. The Hall–Kier alpha value is -0.960. The third kappa shape index (κ3) is 2.06. The first-order valence-corrected chi connectivity index (χ1v) is 9.71. The highest BCUT2D eigenvalue weighted by Gasteiger charge is 2.61. The zero-order valence-electron chi connectivity index (χ0n) is 15.2. The minimum atomic E-state index is -0.473. The molecule has 0 heterocycles. The van der Waals surface area contributed by atoms with Crippen LogP contribution < -0.4 is 0 Å². The normalized spacial score (nSPS) is 50.6. The summed E-state index contributed by atoms with van der Waals surface area (Å²) >= 11 is 0. The van der Waals surface area contributed by atoms with Gasteiger partial charge in [0.05, 0.1) is 6.10 Å². The van der Waals surface area contributed by atoms with E-state index in [0.29, 0.717) is 30.0 Å². The molecule has 0 bridgehead atoms. The van der Waals surface area contributed by atoms with Crippen LogP contribution in [0.2, 0.25) is 0 Å². The number of carbonyl (C=O) groups excluding carboxylic acids is 2. The zero-order chi connectivity index (χ0) is 17.3. The van der Waals surface area contributed by atoms with Crippen molar-refractivity contribution in [2.24, 2.45) is 34.5 Å². The molecule has 4 aliphatic carbocycles. The number of hydrogen-bond donors (Lipinski definition) is 1. The molecule has 4 rings (SSSR count). The van der Waals surface area contributed by atoms with Crippen molar-refractivity contribution in [2.45, 2.75) is 71.8 Å². The molecule has 132 valence electrons. The first kappa shape index (κ1) is 16.5. The van der Waals surface area contributed by atoms with E-state index in [1.165, 1.54) is 0 Å². The highest BCUT2D eigenvalue weighted by molar-refractivity contribution is 5.91. The fourth-order valence-electron chi connectivity index (χ4n) is 7.27. The Balaban J connectivity index is 1.71. The van der Waals surface area contributed by atoms with Crippen LogP contribution in [0.15, 0.2) is 11.6 Å². The van der Waals surface area contributed by atoms with Crippen molar-refractivity contribution >= 4 is 11.6 Å². The van der Waals surface area contributed by atoms with E-state index in [1.54, 1.807) is 13.0 Å². The Morgan fingerprint density at radius 1 is 1.17 bits per heavy atom. The van der Waals surface area contributed by atoms with Crippen LogP contribution in [0.3, 0.4) is 0 Å². The lowest BCUT2D eigenvalue weighted by Crippen LogP contribution is -2.54. The van der Waals surface area contributed by atoms with E-state index < -0.39 is 6.10 Å². The number of aliphatic hydroxyl groups excluding tert-OH is 1. The quantitative estimate of drug-likeness (QED) is 0.797. The van der Waals surface area contributed by atoms with Crippen LogP contribution in [0.1, 0.15) is 65.7 Å². The molecule has 0 saturated heterocycles. The Bertz CT molecular complexity index is 621. The van der Waals surface area contributed by atoms with Crippen molar-refractivity contribution < 1.29 is 14.7 Å². The molecule has 3 fully saturated rings. The van der Waals surface area contributed by atoms with E-state index in [-0.39, 0.29) is 22.5 Å². The number of Topliss-reactive ketones (excluding diaryl/α,β-unsaturated/α-hetero) is 1. The van der Waals surface area contributed by atoms with Gasteiger partial charge in [-0.25, -0.2) is 0 Å². The number of hydrogen-bond acceptors (Lipinski definition) is 3. The average molecular weight is 330 g/mol. The molecule has 0 aromatic rings. The average Bonchev–Trinajstić information content (AvgIpc) is 2.87. The summed E-state index contributed by atoms with van der Waals surface area (Å²) in [6.07, 6.45) is 7.97. The molecule has 4 aliphatic rings. The second-order valence-electron chi connectivity index (χ2n) is 9.40. The molecule has 3 heteroatoms. The second-order valence-corrected chi connectivity index (χ2v) is 9.40. The molecular weight excluding hydrogens is 300 g/mol. The predicted molar refractivity (Wildman–Crippen MR) is 92.3 cm³/mol. The van der Waals surface area contributed by atoms with E-state index >= 15 is 0 Å². The molecule has 3 saturated carbocycles. The summed E-state index contributed by atoms with van der Waals surface area (Å²) in [7, 11) is 0. The molecule has 0 aliphatic heterocycles. The summed E-state index contributed by atoms with van der Waals surface area (Å²) in [5.74, 6) is 2.35. The lowest BCUT2D eigenvalue weighted by atomic mass is 9.46. The van der Waals surface area contributed by atoms with Gasteiger partial charge in [0, 0.05) is 12.3 Å². The van der Waals surface area contributed by atoms with E-state index in [0.717, 1.165) is 44.1 Å². The third-order valence-electron chi connectivity index (χ3n) is 8.47. The van der Waals surface area contributed by atoms with Crippen LogP contribution >= 0.6 is 0 Å². The van der Waals surface area contributed by atoms with Crippen molar-refractivity contribution in [3.8, 4) is 0 Å². The van der Waals surface area contributed by atoms with Gasteiger partial charge in [-0.2, -0.15) is 0 Å². The van der Waals surface area contributed by atoms with E-state index in [9.17, 15) is 14.7 Å². The van der Waals surface area contributed by atoms with Gasteiger partial charge in [-0.15, -0.1) is 0 Å². The molecular formula is C21H30O3. The van der Waals surface area contributed by atoms with Gasteiger partial charge in [0.1, 0.15) is 5.78 Å². The Morgan fingerprint density at radius 3 is 2.62 bits per heavy atom. The predicted octanol–water partition coefficient (Wildman–Crippen LogP) is 3.69. The summed E-state index contributed by atoms with van der Waals surface area (Å²) in [5.41, 5.74) is 1.10. The lowest BCUT2D eigenvalue weighted by molar-refractivity contribution is -0.130. The zero-order valence-corrected chi connectivity index (χ0v) is 15.2. The maximum atomic E-state index is 12.2. The summed E-state index contributed by atoms with van der Waals surface area (Å²) < 4.78 is 0. The van der Waals surface area contributed by atoms with Crippen LogP contribution in [-0.4, -0.2) is 22.8 Å². The van der Waals surface area contributed by atoms with Crippen molar-refractivity contribution in [3.63, 3.8) is 0 Å². The standard InChI is InChI=1S/C21H30O3/c1-12(22)15-4-5-16-14-11-19(24)18-10-13(23)6-8-21(18,3)17(14)7-9-20(15,16)2/h10,14-17,19,24H,4-9,11H2,1-3H3/t14-,15+,16-,17-,19-,20-,21-/m1/s1. The molecule has 0 spiro atoms. The van der Waals surface area contributed by atoms with Gasteiger partial charge >= 0.3 is 0 Å². The maximum absolute atomic E-state index is 12.2. The number of fused-ring (bicyclic) bond motifs is 5. The third-order valence-corrected chi connectivity index (χ3v) is 8.47. The van der Waals surface area contributed by atoms with Crippen LogP contribution in [0.25, 0.3) is 0 Å². The van der Waals surface area contributed by atoms with Crippen molar-refractivity contribution in [1.29, 1.82) is 0 Å². The molecule has 7 atom stereocenters. The van der Waals surface area contributed by atoms with Crippen LogP contribution in [-0.2, 0) is 9.59 Å². The van der Waals surface area contributed by atoms with Gasteiger partial charge in [0.15, 0.2) is 5.78 Å². The molecule has 0 unspecified atom stereocenters. The SMILES string of the molecule is CC(=O)[C@@H]1CC[C@@H]2[C@H]3C[C@@H](O)C4=CC(=O)CC[C@]4(C)[C@@H]3CC[C@@]21C. The number of aliphatic hydroxyl groups is 1. The van der Waals surface area contributed by atoms with Crippen molar-refractivity contribution in [1.82, 2.24) is 0 Å². The minimum absolute atomic E-state index is 0.0219. The van der Waals surface area contributed by atoms with Crippen LogP contribution in [0.4, 0.5) is 0 Å². The largest absolute Gasteiger partial charge is 0.389 e. The van der Waals surface area contributed by atoms with Crippen molar-refractivity contribution in [3.05, 3.63) is 11.6 Å². The van der Waals surface area contributed by atoms with Crippen LogP contribution in [0.5, 0.6) is 0 Å². The first-order valence-electron chi connectivity index (χ1n) is 9.71. The summed E-state index contributed by atoms with van der Waals surface area (Å²) in [6.45, 7) is 6.37. The maximum Gasteiger partial charge on any atom is 0.155 e. The second kappa shape index (κ2) is 5.27. The van der Waals surface area contributed by atoms with Gasteiger partial charge in [-0.3, -0.25) is 9.59 Å². The van der Waals surface area contributed by atoms with E-state index in [1.807, 2.05) is 0 Å². The van der Waals surface area contributed by atoms with Gasteiger partial charge < -0.3 is 5.11 Å². The number of ketones is 2. The molecule has 0 aromatic carbocycles. The first-order chi connectivity index (χ1) is 11.3.